The fourth-order valence-electron chi connectivity index (χ4n) is 1.49. The first-order chi connectivity index (χ1) is 7.66. The summed E-state index contributed by atoms with van der Waals surface area (Å²) < 4.78 is 12.7. The number of anilines is 1. The van der Waals surface area contributed by atoms with Crippen LogP contribution in [-0.2, 0) is 4.79 Å². The number of hydrogen-bond acceptors (Lipinski definition) is 2. The van der Waals surface area contributed by atoms with Crippen molar-refractivity contribution in [3.63, 3.8) is 0 Å². The van der Waals surface area contributed by atoms with Gasteiger partial charge in [0.25, 0.3) is 0 Å². The number of carbonyl (C=O) groups excluding carboxylic acids is 1. The molecule has 1 aromatic carbocycles. The average molecular weight is 238 g/mol. The zero-order chi connectivity index (χ0) is 11.5. The van der Waals surface area contributed by atoms with E-state index in [9.17, 15) is 9.18 Å². The smallest absolute Gasteiger partial charge is 0.250 e. The third kappa shape index (κ3) is 2.31. The van der Waals surface area contributed by atoms with Crippen LogP contribution in [0.4, 0.5) is 10.1 Å². The van der Waals surface area contributed by atoms with E-state index in [1.165, 1.54) is 12.1 Å². The van der Waals surface area contributed by atoms with Gasteiger partial charge in [-0.1, -0.05) is 6.08 Å². The van der Waals surface area contributed by atoms with Crippen LogP contribution in [0.15, 0.2) is 48.2 Å². The lowest BCUT2D eigenvalue weighted by Crippen LogP contribution is -2.23. The lowest BCUT2D eigenvalue weighted by Gasteiger charge is -2.23. The molecule has 1 heterocycles. The van der Waals surface area contributed by atoms with Gasteiger partial charge >= 0.3 is 0 Å². The van der Waals surface area contributed by atoms with E-state index in [4.69, 9.17) is 11.6 Å². The van der Waals surface area contributed by atoms with Gasteiger partial charge in [0.15, 0.2) is 0 Å². The van der Waals surface area contributed by atoms with Crippen molar-refractivity contribution in [3.05, 3.63) is 54.0 Å². The number of hydrogen-bond donors (Lipinski definition) is 0. The van der Waals surface area contributed by atoms with E-state index in [-0.39, 0.29) is 5.82 Å². The maximum absolute atomic E-state index is 12.7. The molecule has 1 aliphatic rings. The van der Waals surface area contributed by atoms with Gasteiger partial charge in [0.05, 0.1) is 6.54 Å². The fraction of sp³-hybridized carbons (Fsp3) is 0.0833. The molecule has 0 amide bonds. The summed E-state index contributed by atoms with van der Waals surface area (Å²) in [5, 5.41) is -0.462. The Morgan fingerprint density at radius 2 is 2.00 bits per heavy atom. The van der Waals surface area contributed by atoms with Gasteiger partial charge in [0, 0.05) is 17.5 Å². The molecule has 2 nitrogen and oxygen atoms in total. The van der Waals surface area contributed by atoms with Gasteiger partial charge in [-0.05, 0) is 41.9 Å². The minimum atomic E-state index is -0.462. The van der Waals surface area contributed by atoms with Gasteiger partial charge in [-0.3, -0.25) is 4.79 Å². The van der Waals surface area contributed by atoms with Crippen molar-refractivity contribution in [2.45, 2.75) is 0 Å². The first-order valence-corrected chi connectivity index (χ1v) is 5.14. The van der Waals surface area contributed by atoms with Gasteiger partial charge in [-0.2, -0.15) is 0 Å². The van der Waals surface area contributed by atoms with Crippen LogP contribution in [0.5, 0.6) is 0 Å². The minimum Gasteiger partial charge on any atom is -0.343 e. The number of rotatable bonds is 2. The SMILES string of the molecule is O=C(Cl)C1=CC=CN(c2ccc(F)cc2)C1. The largest absolute Gasteiger partial charge is 0.343 e. The number of nitrogens with zero attached hydrogens (tertiary/aromatic N) is 1. The Hall–Kier alpha value is -1.61. The van der Waals surface area contributed by atoms with Crippen LogP contribution in [0.25, 0.3) is 0 Å². The Balaban J connectivity index is 2.19. The number of benzene rings is 1. The van der Waals surface area contributed by atoms with Crippen LogP contribution >= 0.6 is 11.6 Å². The summed E-state index contributed by atoms with van der Waals surface area (Å²) in [6, 6.07) is 6.07. The van der Waals surface area contributed by atoms with E-state index in [2.05, 4.69) is 0 Å². The van der Waals surface area contributed by atoms with Crippen LogP contribution < -0.4 is 4.90 Å². The Labute approximate surface area is 97.6 Å². The first kappa shape index (κ1) is 10.9. The summed E-state index contributed by atoms with van der Waals surface area (Å²) >= 11 is 5.41. The molecule has 0 radical (unpaired) electrons. The highest BCUT2D eigenvalue weighted by molar-refractivity contribution is 6.67. The minimum absolute atomic E-state index is 0.283. The molecule has 0 aliphatic carbocycles. The number of carbonyl (C=O) groups is 1. The molecule has 1 aliphatic heterocycles. The third-order valence-electron chi connectivity index (χ3n) is 2.31. The van der Waals surface area contributed by atoms with E-state index in [1.54, 1.807) is 24.3 Å². The molecule has 0 atom stereocenters. The van der Waals surface area contributed by atoms with Crippen molar-refractivity contribution in [3.8, 4) is 0 Å². The summed E-state index contributed by atoms with van der Waals surface area (Å²) in [5.74, 6) is -0.283. The summed E-state index contributed by atoms with van der Waals surface area (Å²) in [5.41, 5.74) is 1.34. The van der Waals surface area contributed by atoms with Crippen LogP contribution in [0.3, 0.4) is 0 Å². The van der Waals surface area contributed by atoms with Crippen LogP contribution in [0, 0.1) is 5.82 Å². The molecule has 0 aromatic heterocycles. The van der Waals surface area contributed by atoms with E-state index < -0.39 is 5.24 Å². The number of halogens is 2. The topological polar surface area (TPSA) is 20.3 Å². The molecular weight excluding hydrogens is 229 g/mol. The number of allylic oxidation sites excluding steroid dienone is 2. The standard InChI is InChI=1S/C12H9ClFNO/c13-12(16)9-2-1-7-15(8-9)11-5-3-10(14)4-6-11/h1-7H,8H2. The van der Waals surface area contributed by atoms with E-state index in [0.29, 0.717) is 12.1 Å². The molecule has 0 spiro atoms. The van der Waals surface area contributed by atoms with Crippen molar-refractivity contribution >= 4 is 22.5 Å². The maximum Gasteiger partial charge on any atom is 0.250 e. The molecule has 0 saturated carbocycles. The molecule has 1 aromatic rings. The van der Waals surface area contributed by atoms with Crippen molar-refractivity contribution < 1.29 is 9.18 Å². The monoisotopic (exact) mass is 237 g/mol. The second-order valence-corrected chi connectivity index (χ2v) is 3.75. The van der Waals surface area contributed by atoms with Gasteiger partial charge in [-0.15, -0.1) is 0 Å². The molecule has 4 heteroatoms. The van der Waals surface area contributed by atoms with Crippen molar-refractivity contribution in [2.75, 3.05) is 11.4 Å². The first-order valence-electron chi connectivity index (χ1n) is 4.76. The molecule has 82 valence electrons. The molecule has 0 fully saturated rings. The summed E-state index contributed by atoms with van der Waals surface area (Å²) in [6.45, 7) is 0.407. The molecule has 2 rings (SSSR count). The van der Waals surface area contributed by atoms with E-state index in [1.807, 2.05) is 11.1 Å². The summed E-state index contributed by atoms with van der Waals surface area (Å²) in [7, 11) is 0. The van der Waals surface area contributed by atoms with Gasteiger partial charge in [-0.25, -0.2) is 4.39 Å². The Bertz CT molecular complexity index is 464. The normalized spacial score (nSPS) is 14.9. The van der Waals surface area contributed by atoms with Crippen LogP contribution in [-0.4, -0.2) is 11.8 Å². The molecule has 0 saturated heterocycles. The molecule has 0 unspecified atom stereocenters. The summed E-state index contributed by atoms with van der Waals surface area (Å²) in [4.78, 5) is 12.8. The highest BCUT2D eigenvalue weighted by atomic mass is 35.5. The Morgan fingerprint density at radius 1 is 1.31 bits per heavy atom. The molecular formula is C12H9ClFNO. The van der Waals surface area contributed by atoms with E-state index in [0.717, 1.165) is 5.69 Å². The second kappa shape index (κ2) is 4.49. The van der Waals surface area contributed by atoms with Gasteiger partial charge in [0.2, 0.25) is 5.24 Å². The molecule has 16 heavy (non-hydrogen) atoms. The van der Waals surface area contributed by atoms with Crippen LogP contribution in [0.2, 0.25) is 0 Å². The predicted molar refractivity (Wildman–Crippen MR) is 61.8 cm³/mol. The zero-order valence-electron chi connectivity index (χ0n) is 8.36. The Kier molecular flexibility index (Phi) is 3.06. The predicted octanol–water partition coefficient (Wildman–Crippen LogP) is 2.85. The quantitative estimate of drug-likeness (QED) is 0.738. The van der Waals surface area contributed by atoms with Crippen molar-refractivity contribution in [1.82, 2.24) is 0 Å². The van der Waals surface area contributed by atoms with Gasteiger partial charge in [0.1, 0.15) is 5.82 Å². The lowest BCUT2D eigenvalue weighted by molar-refractivity contribution is -0.108. The summed E-state index contributed by atoms with van der Waals surface area (Å²) in [6.07, 6.45) is 5.23. The average Bonchev–Trinajstić information content (AvgIpc) is 2.30. The van der Waals surface area contributed by atoms with Crippen molar-refractivity contribution in [1.29, 1.82) is 0 Å². The highest BCUT2D eigenvalue weighted by Gasteiger charge is 2.13. The molecule has 0 N–H and O–H groups in total. The Morgan fingerprint density at radius 3 is 2.62 bits per heavy atom. The molecule has 0 bridgehead atoms. The van der Waals surface area contributed by atoms with Crippen molar-refractivity contribution in [2.24, 2.45) is 0 Å². The lowest BCUT2D eigenvalue weighted by atomic mass is 10.2. The zero-order valence-corrected chi connectivity index (χ0v) is 9.12. The second-order valence-electron chi connectivity index (χ2n) is 3.41. The third-order valence-corrected chi connectivity index (χ3v) is 2.56. The maximum atomic E-state index is 12.7. The highest BCUT2D eigenvalue weighted by Crippen LogP contribution is 2.20. The van der Waals surface area contributed by atoms with E-state index >= 15 is 0 Å². The van der Waals surface area contributed by atoms with Crippen LogP contribution in [0.1, 0.15) is 0 Å². The fourth-order valence-corrected chi connectivity index (χ4v) is 1.61. The van der Waals surface area contributed by atoms with Gasteiger partial charge < -0.3 is 4.90 Å².